The van der Waals surface area contributed by atoms with E-state index in [1.807, 2.05) is 0 Å². The van der Waals surface area contributed by atoms with Crippen LogP contribution in [0.5, 0.6) is 0 Å². The Bertz CT molecular complexity index is 119. The first kappa shape index (κ1) is 8.81. The summed E-state index contributed by atoms with van der Waals surface area (Å²) in [4.78, 5) is 0. The van der Waals surface area contributed by atoms with Gasteiger partial charge < -0.3 is 5.32 Å². The fraction of sp³-hybridized carbons (Fsp3) is 0.714. The highest BCUT2D eigenvalue weighted by Gasteiger charge is 2.24. The highest BCUT2D eigenvalue weighted by atomic mass is 35.5. The molecule has 0 saturated carbocycles. The molecule has 9 heavy (non-hydrogen) atoms. The monoisotopic (exact) mass is 145 g/mol. The average molecular weight is 146 g/mol. The van der Waals surface area contributed by atoms with Crippen molar-refractivity contribution in [1.82, 2.24) is 5.32 Å². The number of rotatable bonds is 0. The summed E-state index contributed by atoms with van der Waals surface area (Å²) in [5.41, 5.74) is 0.153. The number of hydrogen-bond acceptors (Lipinski definition) is 1. The van der Waals surface area contributed by atoms with Crippen LogP contribution in [-0.4, -0.2) is 13.1 Å². The van der Waals surface area contributed by atoms with Crippen LogP contribution in [0, 0.1) is 17.8 Å². The van der Waals surface area contributed by atoms with Gasteiger partial charge in [0.25, 0.3) is 0 Å². The molecule has 1 fully saturated rings. The van der Waals surface area contributed by atoms with Crippen LogP contribution in [0.2, 0.25) is 0 Å². The highest BCUT2D eigenvalue weighted by molar-refractivity contribution is 5.85. The number of terminal acetylenes is 1. The van der Waals surface area contributed by atoms with Crippen LogP contribution in [0.1, 0.15) is 13.3 Å². The van der Waals surface area contributed by atoms with Gasteiger partial charge >= 0.3 is 0 Å². The van der Waals surface area contributed by atoms with Crippen LogP contribution < -0.4 is 5.32 Å². The van der Waals surface area contributed by atoms with E-state index in [1.165, 1.54) is 0 Å². The molecule has 1 aliphatic heterocycles. The fourth-order valence-corrected chi connectivity index (χ4v) is 0.940. The Hall–Kier alpha value is -0.190. The second-order valence-corrected chi connectivity index (χ2v) is 2.63. The van der Waals surface area contributed by atoms with Crippen molar-refractivity contribution < 1.29 is 0 Å². The number of halogens is 1. The summed E-state index contributed by atoms with van der Waals surface area (Å²) < 4.78 is 0. The molecule has 1 nitrogen and oxygen atoms in total. The number of hydrogen-bond donors (Lipinski definition) is 1. The Morgan fingerprint density at radius 1 is 1.67 bits per heavy atom. The van der Waals surface area contributed by atoms with E-state index in [0.717, 1.165) is 19.5 Å². The Labute approximate surface area is 62.6 Å². The largest absolute Gasteiger partial charge is 0.315 e. The van der Waals surface area contributed by atoms with Gasteiger partial charge in [0.05, 0.1) is 0 Å². The van der Waals surface area contributed by atoms with E-state index in [2.05, 4.69) is 18.2 Å². The molecule has 0 spiro atoms. The second-order valence-electron chi connectivity index (χ2n) is 2.63. The third-order valence-electron chi connectivity index (χ3n) is 1.72. The maximum atomic E-state index is 5.28. The summed E-state index contributed by atoms with van der Waals surface area (Å²) in [5, 5.41) is 3.22. The Morgan fingerprint density at radius 2 is 2.33 bits per heavy atom. The van der Waals surface area contributed by atoms with Crippen molar-refractivity contribution in [2.45, 2.75) is 13.3 Å². The SMILES string of the molecule is C#CC1(C)CCNC1.Cl. The van der Waals surface area contributed by atoms with Crippen LogP contribution in [0.15, 0.2) is 0 Å². The topological polar surface area (TPSA) is 12.0 Å². The molecular weight excluding hydrogens is 134 g/mol. The predicted octanol–water partition coefficient (Wildman–Crippen LogP) is 1.04. The third-order valence-corrected chi connectivity index (χ3v) is 1.72. The highest BCUT2D eigenvalue weighted by Crippen LogP contribution is 2.21. The molecule has 1 rings (SSSR count). The average Bonchev–Trinajstić information content (AvgIpc) is 2.17. The molecule has 52 valence electrons. The Balaban J connectivity index is 0.000000640. The minimum absolute atomic E-state index is 0. The van der Waals surface area contributed by atoms with Gasteiger partial charge in [-0.3, -0.25) is 0 Å². The van der Waals surface area contributed by atoms with E-state index < -0.39 is 0 Å². The van der Waals surface area contributed by atoms with E-state index in [-0.39, 0.29) is 17.8 Å². The van der Waals surface area contributed by atoms with Gasteiger partial charge in [0.2, 0.25) is 0 Å². The van der Waals surface area contributed by atoms with E-state index >= 15 is 0 Å². The van der Waals surface area contributed by atoms with E-state index in [0.29, 0.717) is 0 Å². The molecule has 1 saturated heterocycles. The van der Waals surface area contributed by atoms with Gasteiger partial charge in [-0.05, 0) is 19.9 Å². The molecular formula is C7H12ClN. The summed E-state index contributed by atoms with van der Waals surface area (Å²) in [6, 6.07) is 0. The predicted molar refractivity (Wildman–Crippen MR) is 41.7 cm³/mol. The molecule has 1 unspecified atom stereocenters. The maximum Gasteiger partial charge on any atom is 0.0420 e. The molecule has 2 heteroatoms. The minimum atomic E-state index is 0. The van der Waals surface area contributed by atoms with Gasteiger partial charge in [0.15, 0.2) is 0 Å². The van der Waals surface area contributed by atoms with Crippen LogP contribution in [-0.2, 0) is 0 Å². The van der Waals surface area contributed by atoms with Crippen LogP contribution >= 0.6 is 12.4 Å². The standard InChI is InChI=1S/C7H11N.ClH/c1-3-7(2)4-5-8-6-7;/h1,8H,4-6H2,2H3;1H. The molecule has 0 aromatic heterocycles. The molecule has 0 radical (unpaired) electrons. The summed E-state index contributed by atoms with van der Waals surface area (Å²) in [5.74, 6) is 2.78. The Morgan fingerprint density at radius 3 is 2.56 bits per heavy atom. The summed E-state index contributed by atoms with van der Waals surface area (Å²) >= 11 is 0. The van der Waals surface area contributed by atoms with Gasteiger partial charge in [-0.25, -0.2) is 0 Å². The third kappa shape index (κ3) is 1.89. The van der Waals surface area contributed by atoms with Crippen LogP contribution in [0.3, 0.4) is 0 Å². The zero-order valence-corrected chi connectivity index (χ0v) is 6.42. The van der Waals surface area contributed by atoms with E-state index in [9.17, 15) is 0 Å². The molecule has 1 aliphatic rings. The van der Waals surface area contributed by atoms with Crippen molar-refractivity contribution in [1.29, 1.82) is 0 Å². The van der Waals surface area contributed by atoms with Crippen LogP contribution in [0.4, 0.5) is 0 Å². The zero-order chi connectivity index (χ0) is 6.04. The smallest absolute Gasteiger partial charge is 0.0420 e. The Kier molecular flexibility index (Phi) is 3.03. The lowest BCUT2D eigenvalue weighted by Gasteiger charge is -2.11. The van der Waals surface area contributed by atoms with Gasteiger partial charge in [-0.1, -0.05) is 5.92 Å². The first-order valence-electron chi connectivity index (χ1n) is 2.95. The number of nitrogens with one attached hydrogen (secondary N) is 1. The van der Waals surface area contributed by atoms with Gasteiger partial charge in [0.1, 0.15) is 0 Å². The normalized spacial score (nSPS) is 32.9. The lowest BCUT2D eigenvalue weighted by Crippen LogP contribution is -2.17. The van der Waals surface area contributed by atoms with Crippen molar-refractivity contribution in [3.8, 4) is 12.3 Å². The second kappa shape index (κ2) is 3.10. The first-order valence-corrected chi connectivity index (χ1v) is 2.95. The molecule has 0 bridgehead atoms. The van der Waals surface area contributed by atoms with Crippen LogP contribution in [0.25, 0.3) is 0 Å². The molecule has 0 aromatic rings. The first-order chi connectivity index (χ1) is 3.77. The fourth-order valence-electron chi connectivity index (χ4n) is 0.940. The molecule has 1 heterocycles. The molecule has 0 aromatic carbocycles. The van der Waals surface area contributed by atoms with Gasteiger partial charge in [-0.15, -0.1) is 18.8 Å². The molecule has 1 atom stereocenters. The van der Waals surface area contributed by atoms with Gasteiger partial charge in [0, 0.05) is 12.0 Å². The van der Waals surface area contributed by atoms with Crippen molar-refractivity contribution in [2.75, 3.05) is 13.1 Å². The lowest BCUT2D eigenvalue weighted by atomic mass is 9.91. The van der Waals surface area contributed by atoms with Crippen molar-refractivity contribution in [2.24, 2.45) is 5.41 Å². The van der Waals surface area contributed by atoms with Crippen molar-refractivity contribution in [3.63, 3.8) is 0 Å². The minimum Gasteiger partial charge on any atom is -0.315 e. The van der Waals surface area contributed by atoms with Gasteiger partial charge in [-0.2, -0.15) is 0 Å². The van der Waals surface area contributed by atoms with Crippen molar-refractivity contribution >= 4 is 12.4 Å². The summed E-state index contributed by atoms with van der Waals surface area (Å²) in [6.07, 6.45) is 6.41. The molecule has 1 N–H and O–H groups in total. The summed E-state index contributed by atoms with van der Waals surface area (Å²) in [6.45, 7) is 4.19. The maximum absolute atomic E-state index is 5.28. The zero-order valence-electron chi connectivity index (χ0n) is 5.61. The van der Waals surface area contributed by atoms with Crippen molar-refractivity contribution in [3.05, 3.63) is 0 Å². The summed E-state index contributed by atoms with van der Waals surface area (Å²) in [7, 11) is 0. The molecule has 0 amide bonds. The lowest BCUT2D eigenvalue weighted by molar-refractivity contribution is 0.504. The molecule has 0 aliphatic carbocycles. The quantitative estimate of drug-likeness (QED) is 0.503. The van der Waals surface area contributed by atoms with E-state index in [4.69, 9.17) is 6.42 Å². The van der Waals surface area contributed by atoms with E-state index in [1.54, 1.807) is 0 Å².